The maximum atomic E-state index is 12.0. The van der Waals surface area contributed by atoms with Gasteiger partial charge in [0.25, 0.3) is 5.91 Å². The van der Waals surface area contributed by atoms with Crippen molar-refractivity contribution in [1.82, 2.24) is 15.5 Å². The SMILES string of the molecule is CCCCC(C)NC(=O)c1n[nH]c(C(C)C)c1N. The molecule has 0 aliphatic carbocycles. The highest BCUT2D eigenvalue weighted by Gasteiger charge is 2.19. The second-order valence-electron chi connectivity index (χ2n) is 5.07. The highest BCUT2D eigenvalue weighted by Crippen LogP contribution is 2.21. The molecule has 5 nitrogen and oxygen atoms in total. The van der Waals surface area contributed by atoms with Crippen LogP contribution >= 0.6 is 0 Å². The molecule has 1 amide bonds. The average molecular weight is 252 g/mol. The molecular weight excluding hydrogens is 228 g/mol. The Morgan fingerprint density at radius 2 is 2.11 bits per heavy atom. The first-order valence-corrected chi connectivity index (χ1v) is 6.61. The fraction of sp³-hybridized carbons (Fsp3) is 0.692. The molecule has 0 saturated heterocycles. The number of aromatic nitrogens is 2. The van der Waals surface area contributed by atoms with E-state index in [0.29, 0.717) is 11.4 Å². The number of hydrogen-bond acceptors (Lipinski definition) is 3. The third kappa shape index (κ3) is 3.48. The van der Waals surface area contributed by atoms with E-state index in [1.54, 1.807) is 0 Å². The number of carbonyl (C=O) groups excluding carboxylic acids is 1. The summed E-state index contributed by atoms with van der Waals surface area (Å²) in [5.74, 6) is 0.0378. The summed E-state index contributed by atoms with van der Waals surface area (Å²) < 4.78 is 0. The Morgan fingerprint density at radius 3 is 2.61 bits per heavy atom. The summed E-state index contributed by atoms with van der Waals surface area (Å²) >= 11 is 0. The zero-order chi connectivity index (χ0) is 13.7. The second-order valence-corrected chi connectivity index (χ2v) is 5.07. The van der Waals surface area contributed by atoms with Crippen LogP contribution in [0.4, 0.5) is 5.69 Å². The molecule has 18 heavy (non-hydrogen) atoms. The van der Waals surface area contributed by atoms with Crippen molar-refractivity contribution in [2.24, 2.45) is 0 Å². The Hall–Kier alpha value is -1.52. The fourth-order valence-electron chi connectivity index (χ4n) is 1.85. The van der Waals surface area contributed by atoms with E-state index >= 15 is 0 Å². The summed E-state index contributed by atoms with van der Waals surface area (Å²) in [7, 11) is 0. The fourth-order valence-corrected chi connectivity index (χ4v) is 1.85. The first-order valence-electron chi connectivity index (χ1n) is 6.61. The van der Waals surface area contributed by atoms with Gasteiger partial charge < -0.3 is 11.1 Å². The van der Waals surface area contributed by atoms with Crippen LogP contribution in [0.3, 0.4) is 0 Å². The Kier molecular flexibility index (Phi) is 5.19. The predicted molar refractivity (Wildman–Crippen MR) is 73.5 cm³/mol. The molecule has 1 unspecified atom stereocenters. The molecule has 0 saturated carbocycles. The summed E-state index contributed by atoms with van der Waals surface area (Å²) in [4.78, 5) is 12.0. The second kappa shape index (κ2) is 6.42. The minimum Gasteiger partial charge on any atom is -0.395 e. The number of anilines is 1. The van der Waals surface area contributed by atoms with Crippen LogP contribution in [0.25, 0.3) is 0 Å². The number of unbranched alkanes of at least 4 members (excludes halogenated alkanes) is 1. The van der Waals surface area contributed by atoms with Crippen LogP contribution in [0.5, 0.6) is 0 Å². The van der Waals surface area contributed by atoms with Crippen LogP contribution in [0.2, 0.25) is 0 Å². The molecule has 1 heterocycles. The quantitative estimate of drug-likeness (QED) is 0.727. The lowest BCUT2D eigenvalue weighted by Gasteiger charge is -2.12. The first-order chi connectivity index (χ1) is 8.47. The van der Waals surface area contributed by atoms with E-state index in [2.05, 4.69) is 22.4 Å². The zero-order valence-corrected chi connectivity index (χ0v) is 11.7. The van der Waals surface area contributed by atoms with Crippen LogP contribution in [0.15, 0.2) is 0 Å². The van der Waals surface area contributed by atoms with Gasteiger partial charge in [-0.1, -0.05) is 33.6 Å². The minimum absolute atomic E-state index is 0.149. The van der Waals surface area contributed by atoms with Crippen molar-refractivity contribution in [2.75, 3.05) is 5.73 Å². The number of nitrogens with zero attached hydrogens (tertiary/aromatic N) is 1. The molecule has 0 bridgehead atoms. The summed E-state index contributed by atoms with van der Waals surface area (Å²) in [6.07, 6.45) is 3.21. The van der Waals surface area contributed by atoms with Gasteiger partial charge >= 0.3 is 0 Å². The van der Waals surface area contributed by atoms with Crippen molar-refractivity contribution in [3.8, 4) is 0 Å². The molecule has 1 aromatic rings. The number of amides is 1. The summed E-state index contributed by atoms with van der Waals surface area (Å²) in [5.41, 5.74) is 7.52. The molecule has 0 spiro atoms. The van der Waals surface area contributed by atoms with Crippen molar-refractivity contribution in [1.29, 1.82) is 0 Å². The number of rotatable bonds is 6. The van der Waals surface area contributed by atoms with E-state index in [9.17, 15) is 4.79 Å². The summed E-state index contributed by atoms with van der Waals surface area (Å²) in [5, 5.41) is 9.77. The van der Waals surface area contributed by atoms with Gasteiger partial charge in [0.2, 0.25) is 0 Å². The molecule has 0 radical (unpaired) electrons. The molecule has 4 N–H and O–H groups in total. The topological polar surface area (TPSA) is 83.8 Å². The number of nitrogens with one attached hydrogen (secondary N) is 2. The third-order valence-electron chi connectivity index (χ3n) is 2.99. The van der Waals surface area contributed by atoms with Crippen LogP contribution in [0.1, 0.15) is 69.1 Å². The van der Waals surface area contributed by atoms with E-state index in [0.717, 1.165) is 25.0 Å². The lowest BCUT2D eigenvalue weighted by molar-refractivity contribution is 0.0934. The maximum Gasteiger partial charge on any atom is 0.274 e. The van der Waals surface area contributed by atoms with Crippen LogP contribution in [0, 0.1) is 0 Å². The van der Waals surface area contributed by atoms with Crippen LogP contribution in [-0.4, -0.2) is 22.1 Å². The normalized spacial score (nSPS) is 12.7. The lowest BCUT2D eigenvalue weighted by atomic mass is 10.1. The van der Waals surface area contributed by atoms with Gasteiger partial charge in [-0.25, -0.2) is 0 Å². The van der Waals surface area contributed by atoms with E-state index in [-0.39, 0.29) is 17.9 Å². The molecule has 1 aromatic heterocycles. The smallest absolute Gasteiger partial charge is 0.274 e. The Bertz CT molecular complexity index is 398. The highest BCUT2D eigenvalue weighted by molar-refractivity contribution is 5.97. The molecule has 1 atom stereocenters. The third-order valence-corrected chi connectivity index (χ3v) is 2.99. The molecule has 5 heteroatoms. The van der Waals surface area contributed by atoms with Gasteiger partial charge in [0, 0.05) is 6.04 Å². The van der Waals surface area contributed by atoms with Gasteiger partial charge in [0.05, 0.1) is 11.4 Å². The van der Waals surface area contributed by atoms with E-state index < -0.39 is 0 Å². The average Bonchev–Trinajstić information content (AvgIpc) is 2.68. The summed E-state index contributed by atoms with van der Waals surface area (Å²) in [6.45, 7) is 8.15. The van der Waals surface area contributed by atoms with Crippen molar-refractivity contribution in [3.63, 3.8) is 0 Å². The highest BCUT2D eigenvalue weighted by atomic mass is 16.2. The molecule has 102 valence electrons. The van der Waals surface area contributed by atoms with Crippen molar-refractivity contribution in [2.45, 2.75) is 58.9 Å². The van der Waals surface area contributed by atoms with E-state index in [1.807, 2.05) is 20.8 Å². The Balaban J connectivity index is 2.67. The predicted octanol–water partition coefficient (Wildman–Crippen LogP) is 2.42. The number of nitrogen functional groups attached to an aromatic ring is 1. The number of nitrogens with two attached hydrogens (primary N) is 1. The van der Waals surface area contributed by atoms with Crippen LogP contribution in [-0.2, 0) is 0 Å². The maximum absolute atomic E-state index is 12.0. The Labute approximate surface area is 109 Å². The molecule has 0 aliphatic heterocycles. The zero-order valence-electron chi connectivity index (χ0n) is 11.7. The molecule has 0 aromatic carbocycles. The first kappa shape index (κ1) is 14.5. The van der Waals surface area contributed by atoms with Crippen molar-refractivity contribution >= 4 is 11.6 Å². The van der Waals surface area contributed by atoms with E-state index in [4.69, 9.17) is 5.73 Å². The molecular formula is C13H24N4O. The lowest BCUT2D eigenvalue weighted by Crippen LogP contribution is -2.33. The molecule has 1 rings (SSSR count). The Morgan fingerprint density at radius 1 is 1.44 bits per heavy atom. The van der Waals surface area contributed by atoms with Gasteiger partial charge in [-0.05, 0) is 19.3 Å². The largest absolute Gasteiger partial charge is 0.395 e. The van der Waals surface area contributed by atoms with Gasteiger partial charge in [-0.3, -0.25) is 9.89 Å². The monoisotopic (exact) mass is 252 g/mol. The molecule has 0 aliphatic rings. The number of carbonyl (C=O) groups is 1. The minimum atomic E-state index is -0.195. The van der Waals surface area contributed by atoms with Gasteiger partial charge in [0.15, 0.2) is 5.69 Å². The van der Waals surface area contributed by atoms with E-state index in [1.165, 1.54) is 0 Å². The number of aromatic amines is 1. The van der Waals surface area contributed by atoms with Gasteiger partial charge in [-0.15, -0.1) is 0 Å². The number of hydrogen-bond donors (Lipinski definition) is 3. The van der Waals surface area contributed by atoms with Crippen molar-refractivity contribution in [3.05, 3.63) is 11.4 Å². The molecule has 0 fully saturated rings. The van der Waals surface area contributed by atoms with Gasteiger partial charge in [0.1, 0.15) is 0 Å². The number of H-pyrrole nitrogens is 1. The summed E-state index contributed by atoms with van der Waals surface area (Å²) in [6, 6.07) is 0.149. The van der Waals surface area contributed by atoms with Gasteiger partial charge in [-0.2, -0.15) is 5.10 Å². The van der Waals surface area contributed by atoms with Crippen molar-refractivity contribution < 1.29 is 4.79 Å². The standard InChI is InChI=1S/C13H24N4O/c1-5-6-7-9(4)15-13(18)12-10(14)11(8(2)3)16-17-12/h8-9H,5-7,14H2,1-4H3,(H,15,18)(H,16,17). The van der Waals surface area contributed by atoms with Crippen LogP contribution < -0.4 is 11.1 Å².